The van der Waals surface area contributed by atoms with Gasteiger partial charge in [0.05, 0.1) is 0 Å². The Bertz CT molecular complexity index is 264. The van der Waals surface area contributed by atoms with Gasteiger partial charge in [-0.15, -0.1) is 0 Å². The maximum absolute atomic E-state index is 11.3. The number of carbonyl (C=O) groups excluding carboxylic acids is 2. The summed E-state index contributed by atoms with van der Waals surface area (Å²) in [5.41, 5.74) is 0. The molecular weight excluding hydrogens is 206 g/mol. The van der Waals surface area contributed by atoms with Crippen molar-refractivity contribution in [3.05, 3.63) is 10.6 Å². The van der Waals surface area contributed by atoms with Gasteiger partial charge < -0.3 is 0 Å². The molecule has 0 spiro atoms. The number of carbonyl (C=O) groups is 2. The Hall–Kier alpha value is -0.260. The maximum atomic E-state index is 11.3. The van der Waals surface area contributed by atoms with E-state index in [0.29, 0.717) is 0 Å². The molecule has 0 bridgehead atoms. The fraction of sp³-hybridized carbons (Fsp3) is 0.500. The molecule has 1 heterocycles. The van der Waals surface area contributed by atoms with Gasteiger partial charge in [0, 0.05) is 0 Å². The van der Waals surface area contributed by atoms with E-state index in [2.05, 4.69) is 4.74 Å². The summed E-state index contributed by atoms with van der Waals surface area (Å²) in [5, 5.41) is 1.48. The van der Waals surface area contributed by atoms with Crippen LogP contribution in [0.25, 0.3) is 0 Å². The molecule has 1 aliphatic heterocycles. The van der Waals surface area contributed by atoms with Crippen LogP contribution in [0.2, 0.25) is 0 Å². The molecule has 0 fully saturated rings. The second-order valence-electron chi connectivity index (χ2n) is 3.81. The van der Waals surface area contributed by atoms with E-state index in [1.54, 1.807) is 0 Å². The van der Waals surface area contributed by atoms with Crippen LogP contribution in [0.4, 0.5) is 0 Å². The summed E-state index contributed by atoms with van der Waals surface area (Å²) in [6, 6.07) is 0. The Morgan fingerprint density at radius 3 is 1.38 bits per heavy atom. The van der Waals surface area contributed by atoms with Gasteiger partial charge in [0.1, 0.15) is 0 Å². The molecule has 0 aromatic rings. The van der Waals surface area contributed by atoms with Crippen LogP contribution in [0.1, 0.15) is 0 Å². The predicted molar refractivity (Wildman–Crippen MR) is 61.2 cm³/mol. The van der Waals surface area contributed by atoms with Crippen molar-refractivity contribution in [3.8, 4) is 0 Å². The van der Waals surface area contributed by atoms with E-state index in [0.717, 1.165) is 10.6 Å². The first-order valence-electron chi connectivity index (χ1n) is 4.45. The first-order valence-corrected chi connectivity index (χ1v) is 10.2. The zero-order chi connectivity index (χ0) is 10.2. The van der Waals surface area contributed by atoms with E-state index < -0.39 is 15.8 Å². The topological polar surface area (TPSA) is 43.4 Å². The number of hydrogen-bond acceptors (Lipinski definition) is 3. The van der Waals surface area contributed by atoms with Crippen molar-refractivity contribution in [3.63, 3.8) is 0 Å². The fourth-order valence-electron chi connectivity index (χ4n) is 1.51. The Balaban J connectivity index is 3.18. The summed E-state index contributed by atoms with van der Waals surface area (Å²) in [7, 11) is -2.43. The average molecular weight is 222 g/mol. The average Bonchev–Trinajstić information content (AvgIpc) is 2.24. The van der Waals surface area contributed by atoms with Crippen LogP contribution in [0.3, 0.4) is 0 Å². The van der Waals surface area contributed by atoms with Crippen molar-refractivity contribution in [1.29, 1.82) is 0 Å². The molecule has 0 saturated carbocycles. The first kappa shape index (κ1) is 10.8. The molecule has 0 radical (unpaired) electrons. The van der Waals surface area contributed by atoms with Crippen molar-refractivity contribution in [2.45, 2.75) is 0 Å². The molecule has 1 rings (SSSR count). The van der Waals surface area contributed by atoms with Gasteiger partial charge in [-0.1, -0.05) is 0 Å². The van der Waals surface area contributed by atoms with Gasteiger partial charge >= 0.3 is 79.4 Å². The van der Waals surface area contributed by atoms with E-state index in [9.17, 15) is 9.59 Å². The summed E-state index contributed by atoms with van der Waals surface area (Å²) in [6.45, 7) is 8.19. The molecule has 0 saturated heterocycles. The summed E-state index contributed by atoms with van der Waals surface area (Å²) in [6.07, 6.45) is 0. The third-order valence-corrected chi connectivity index (χ3v) is 5.81. The third kappa shape index (κ3) is 1.98. The second-order valence-corrected chi connectivity index (χ2v) is 9.59. The van der Waals surface area contributed by atoms with Gasteiger partial charge in [-0.2, -0.15) is 0 Å². The van der Waals surface area contributed by atoms with E-state index in [1.165, 1.54) is 0 Å². The Labute approximate surface area is 80.0 Å². The van der Waals surface area contributed by atoms with Crippen LogP contribution in [0, 0.1) is 0 Å². The third-order valence-electron chi connectivity index (χ3n) is 2.07. The van der Waals surface area contributed by atoms with Gasteiger partial charge in [0.15, 0.2) is 0 Å². The number of esters is 2. The van der Waals surface area contributed by atoms with Crippen LogP contribution >= 0.6 is 15.8 Å². The van der Waals surface area contributed by atoms with Crippen molar-refractivity contribution in [2.75, 3.05) is 26.7 Å². The molecule has 3 nitrogen and oxygen atoms in total. The summed E-state index contributed by atoms with van der Waals surface area (Å²) >= 11 is 0. The Morgan fingerprint density at radius 2 is 1.15 bits per heavy atom. The normalized spacial score (nSPS) is 19.1. The molecule has 0 unspecified atom stereocenters. The number of hydrogen-bond donors (Lipinski definition) is 0. The van der Waals surface area contributed by atoms with E-state index in [-0.39, 0.29) is 11.9 Å². The molecule has 5 heteroatoms. The van der Waals surface area contributed by atoms with Crippen molar-refractivity contribution < 1.29 is 14.3 Å². The zero-order valence-electron chi connectivity index (χ0n) is 8.38. The molecule has 0 amide bonds. The molecule has 0 atom stereocenters. The minimum atomic E-state index is -1.21. The van der Waals surface area contributed by atoms with Crippen molar-refractivity contribution >= 4 is 27.8 Å². The van der Waals surface area contributed by atoms with Crippen molar-refractivity contribution in [2.24, 2.45) is 0 Å². The van der Waals surface area contributed by atoms with Gasteiger partial charge in [-0.3, -0.25) is 0 Å². The van der Waals surface area contributed by atoms with Crippen LogP contribution in [0.5, 0.6) is 0 Å². The van der Waals surface area contributed by atoms with Gasteiger partial charge in [0.25, 0.3) is 0 Å². The standard InChI is InChI=1S/C8H16O3P2/c1-12(2)5-6(13(3)4)8(10)11-7(5)9/h12-13H2,1-4H3. The van der Waals surface area contributed by atoms with Gasteiger partial charge in [0.2, 0.25) is 0 Å². The van der Waals surface area contributed by atoms with E-state index >= 15 is 0 Å². The number of rotatable bonds is 2. The molecular formula is C8H16O3P2. The van der Waals surface area contributed by atoms with E-state index in [4.69, 9.17) is 0 Å². The van der Waals surface area contributed by atoms with E-state index in [1.807, 2.05) is 26.7 Å². The van der Waals surface area contributed by atoms with Crippen LogP contribution < -0.4 is 0 Å². The molecule has 0 aromatic carbocycles. The van der Waals surface area contributed by atoms with Crippen LogP contribution in [-0.2, 0) is 14.3 Å². The van der Waals surface area contributed by atoms with Crippen LogP contribution in [0.15, 0.2) is 10.6 Å². The molecule has 76 valence electrons. The quantitative estimate of drug-likeness (QED) is 0.392. The summed E-state index contributed by atoms with van der Waals surface area (Å²) in [5.74, 6) is -0.745. The molecule has 0 N–H and O–H groups in total. The molecule has 0 aromatic heterocycles. The SMILES string of the molecule is C[PH2](C)C1=C([PH2](C)C)C(=O)OC1=O. The first-order chi connectivity index (χ1) is 5.95. The summed E-state index contributed by atoms with van der Waals surface area (Å²) in [4.78, 5) is 22.6. The number of ether oxygens (including phenoxy) is 1. The van der Waals surface area contributed by atoms with Crippen molar-refractivity contribution in [1.82, 2.24) is 0 Å². The van der Waals surface area contributed by atoms with Gasteiger partial charge in [-0.25, -0.2) is 0 Å². The molecule has 13 heavy (non-hydrogen) atoms. The van der Waals surface area contributed by atoms with Gasteiger partial charge in [-0.05, 0) is 0 Å². The Kier molecular flexibility index (Phi) is 3.21. The summed E-state index contributed by atoms with van der Waals surface area (Å²) < 4.78 is 4.63. The molecule has 1 aliphatic rings. The van der Waals surface area contributed by atoms with Crippen LogP contribution in [-0.4, -0.2) is 38.6 Å². The minimum absolute atomic E-state index is 0.372. The zero-order valence-corrected chi connectivity index (χ0v) is 10.7. The monoisotopic (exact) mass is 222 g/mol. The Morgan fingerprint density at radius 1 is 0.846 bits per heavy atom. The predicted octanol–water partition coefficient (Wildman–Crippen LogP) is 0.694. The molecule has 0 aliphatic carbocycles. The number of cyclic esters (lactones) is 2. The fourth-order valence-corrected chi connectivity index (χ4v) is 6.05. The second kappa shape index (κ2) is 3.86.